The topological polar surface area (TPSA) is 235 Å². The lowest BCUT2D eigenvalue weighted by Crippen LogP contribution is -2.57. The summed E-state index contributed by atoms with van der Waals surface area (Å²) in [5, 5.41) is 26.3. The Hall–Kier alpha value is -3.71. The maximum absolute atomic E-state index is 12.8. The van der Waals surface area contributed by atoms with E-state index in [1.54, 1.807) is 30.3 Å². The standard InChI is InChI=1S/C22H35N7O6/c1-12(18(31)29-16(21(34)35)11-14-7-4-3-5-8-14)27-19(32)15(9-6-10-26-22(24)25)28-20(33)17(23)13(2)30/h3-5,7-8,12-13,15-17,30H,6,9-11,23H2,1-2H3,(H,27,32)(H,28,33)(H,29,31)(H,34,35)(H4,24,25,26). The number of carboxylic acid groups (broad SMARTS) is 1. The third-order valence-electron chi connectivity index (χ3n) is 5.05. The molecule has 0 aliphatic carbocycles. The first-order chi connectivity index (χ1) is 16.4. The van der Waals surface area contributed by atoms with Gasteiger partial charge in [-0.25, -0.2) is 4.79 Å². The predicted octanol–water partition coefficient (Wildman–Crippen LogP) is -2.45. The molecule has 0 spiro atoms. The molecule has 35 heavy (non-hydrogen) atoms. The maximum atomic E-state index is 12.8. The van der Waals surface area contributed by atoms with Gasteiger partial charge in [0.05, 0.1) is 6.10 Å². The average molecular weight is 494 g/mol. The molecule has 0 aliphatic heterocycles. The number of nitrogens with two attached hydrogens (primary N) is 3. The third-order valence-corrected chi connectivity index (χ3v) is 5.05. The number of aliphatic hydroxyl groups excluding tert-OH is 1. The van der Waals surface area contributed by atoms with Gasteiger partial charge >= 0.3 is 5.97 Å². The lowest BCUT2D eigenvalue weighted by Gasteiger charge is -2.24. The molecule has 0 fully saturated rings. The van der Waals surface area contributed by atoms with Gasteiger partial charge in [0.2, 0.25) is 17.7 Å². The minimum Gasteiger partial charge on any atom is -0.480 e. The number of rotatable bonds is 14. The number of aliphatic hydroxyl groups is 1. The van der Waals surface area contributed by atoms with Crippen LogP contribution in [0.4, 0.5) is 0 Å². The van der Waals surface area contributed by atoms with Gasteiger partial charge in [0.15, 0.2) is 5.96 Å². The molecule has 0 aromatic heterocycles. The van der Waals surface area contributed by atoms with Crippen molar-refractivity contribution in [1.82, 2.24) is 16.0 Å². The Bertz CT molecular complexity index is 890. The molecular formula is C22H35N7O6. The zero-order valence-corrected chi connectivity index (χ0v) is 19.8. The number of guanidine groups is 1. The molecule has 0 saturated heterocycles. The van der Waals surface area contributed by atoms with E-state index in [-0.39, 0.29) is 25.3 Å². The molecule has 3 amide bonds. The number of carbonyl (C=O) groups excluding carboxylic acids is 3. The first-order valence-corrected chi connectivity index (χ1v) is 11.1. The van der Waals surface area contributed by atoms with Crippen LogP contribution in [-0.2, 0) is 25.6 Å². The molecule has 11 N–H and O–H groups in total. The summed E-state index contributed by atoms with van der Waals surface area (Å²) in [5.74, 6) is -3.52. The summed E-state index contributed by atoms with van der Waals surface area (Å²) in [6, 6.07) is 4.09. The van der Waals surface area contributed by atoms with E-state index < -0.39 is 54.0 Å². The number of amides is 3. The van der Waals surface area contributed by atoms with E-state index in [0.717, 1.165) is 5.56 Å². The van der Waals surface area contributed by atoms with Crippen LogP contribution in [-0.4, -0.2) is 76.7 Å². The molecule has 0 aliphatic rings. The molecule has 5 atom stereocenters. The highest BCUT2D eigenvalue weighted by atomic mass is 16.4. The molecular weight excluding hydrogens is 458 g/mol. The van der Waals surface area contributed by atoms with Gasteiger partial charge in [0.1, 0.15) is 24.2 Å². The van der Waals surface area contributed by atoms with Crippen LogP contribution >= 0.6 is 0 Å². The zero-order chi connectivity index (χ0) is 26.5. The number of aliphatic imine (C=N–C) groups is 1. The van der Waals surface area contributed by atoms with E-state index in [9.17, 15) is 29.4 Å². The largest absolute Gasteiger partial charge is 0.480 e. The summed E-state index contributed by atoms with van der Waals surface area (Å²) < 4.78 is 0. The van der Waals surface area contributed by atoms with E-state index in [1.165, 1.54) is 13.8 Å². The summed E-state index contributed by atoms with van der Waals surface area (Å²) in [6.07, 6.45) is -0.661. The minimum atomic E-state index is -1.27. The number of nitrogens with one attached hydrogen (secondary N) is 3. The number of hydrogen-bond donors (Lipinski definition) is 8. The number of carbonyl (C=O) groups is 4. The predicted molar refractivity (Wildman–Crippen MR) is 129 cm³/mol. The van der Waals surface area contributed by atoms with Crippen molar-refractivity contribution in [1.29, 1.82) is 0 Å². The molecule has 0 heterocycles. The summed E-state index contributed by atoms with van der Waals surface area (Å²) in [5.41, 5.74) is 16.9. The fraction of sp³-hybridized carbons (Fsp3) is 0.500. The molecule has 0 radical (unpaired) electrons. The van der Waals surface area contributed by atoms with E-state index in [4.69, 9.17) is 17.2 Å². The second-order valence-corrected chi connectivity index (χ2v) is 8.10. The van der Waals surface area contributed by atoms with Gasteiger partial charge in [0.25, 0.3) is 0 Å². The van der Waals surface area contributed by atoms with Gasteiger partial charge in [-0.1, -0.05) is 30.3 Å². The molecule has 194 valence electrons. The Kier molecular flexibility index (Phi) is 12.2. The Labute approximate surface area is 203 Å². The fourth-order valence-corrected chi connectivity index (χ4v) is 2.99. The number of nitrogens with zero attached hydrogens (tertiary/aromatic N) is 1. The summed E-state index contributed by atoms with van der Waals surface area (Å²) in [4.78, 5) is 53.1. The minimum absolute atomic E-state index is 0.0588. The van der Waals surface area contributed by atoms with Crippen molar-refractivity contribution in [3.05, 3.63) is 35.9 Å². The molecule has 5 unspecified atom stereocenters. The van der Waals surface area contributed by atoms with Crippen LogP contribution in [0.3, 0.4) is 0 Å². The fourth-order valence-electron chi connectivity index (χ4n) is 2.99. The van der Waals surface area contributed by atoms with Gasteiger partial charge in [0, 0.05) is 13.0 Å². The van der Waals surface area contributed by atoms with Crippen molar-refractivity contribution in [3.63, 3.8) is 0 Å². The van der Waals surface area contributed by atoms with Crippen molar-refractivity contribution in [2.24, 2.45) is 22.2 Å². The molecule has 0 bridgehead atoms. The number of aliphatic carboxylic acids is 1. The normalized spacial score (nSPS) is 15.0. The Morgan fingerprint density at radius 2 is 1.54 bits per heavy atom. The van der Waals surface area contributed by atoms with Crippen LogP contribution < -0.4 is 33.2 Å². The highest BCUT2D eigenvalue weighted by molar-refractivity contribution is 5.94. The van der Waals surface area contributed by atoms with E-state index >= 15 is 0 Å². The molecule has 1 aromatic carbocycles. The van der Waals surface area contributed by atoms with Crippen molar-refractivity contribution in [3.8, 4) is 0 Å². The van der Waals surface area contributed by atoms with Crippen LogP contribution in [0.1, 0.15) is 32.3 Å². The average Bonchev–Trinajstić information content (AvgIpc) is 2.79. The number of hydrogen-bond acceptors (Lipinski definition) is 7. The van der Waals surface area contributed by atoms with Gasteiger partial charge in [-0.2, -0.15) is 0 Å². The number of carboxylic acids is 1. The molecule has 1 rings (SSSR count). The summed E-state index contributed by atoms with van der Waals surface area (Å²) >= 11 is 0. The Morgan fingerprint density at radius 1 is 0.943 bits per heavy atom. The van der Waals surface area contributed by atoms with E-state index in [2.05, 4.69) is 20.9 Å². The Morgan fingerprint density at radius 3 is 2.09 bits per heavy atom. The smallest absolute Gasteiger partial charge is 0.326 e. The second-order valence-electron chi connectivity index (χ2n) is 8.10. The van der Waals surface area contributed by atoms with Crippen LogP contribution in [0.5, 0.6) is 0 Å². The van der Waals surface area contributed by atoms with Crippen molar-refractivity contribution >= 4 is 29.7 Å². The Balaban J connectivity index is 2.82. The van der Waals surface area contributed by atoms with Crippen LogP contribution in [0.2, 0.25) is 0 Å². The maximum Gasteiger partial charge on any atom is 0.326 e. The monoisotopic (exact) mass is 493 g/mol. The SMILES string of the molecule is CC(NC(=O)C(CCCN=C(N)N)NC(=O)C(N)C(C)O)C(=O)NC(Cc1ccccc1)C(=O)O. The lowest BCUT2D eigenvalue weighted by molar-refractivity contribution is -0.142. The van der Waals surface area contributed by atoms with Gasteiger partial charge < -0.3 is 43.4 Å². The molecule has 0 saturated carbocycles. The summed E-state index contributed by atoms with van der Waals surface area (Å²) in [7, 11) is 0. The van der Waals surface area contributed by atoms with Gasteiger partial charge in [-0.05, 0) is 32.3 Å². The highest BCUT2D eigenvalue weighted by Crippen LogP contribution is 2.05. The van der Waals surface area contributed by atoms with E-state index in [1.807, 2.05) is 0 Å². The van der Waals surface area contributed by atoms with Crippen LogP contribution in [0.15, 0.2) is 35.3 Å². The zero-order valence-electron chi connectivity index (χ0n) is 19.8. The number of benzene rings is 1. The molecule has 1 aromatic rings. The van der Waals surface area contributed by atoms with Crippen molar-refractivity contribution in [2.45, 2.75) is 63.4 Å². The van der Waals surface area contributed by atoms with Crippen molar-refractivity contribution < 1.29 is 29.4 Å². The van der Waals surface area contributed by atoms with Crippen molar-refractivity contribution in [2.75, 3.05) is 6.54 Å². The molecule has 13 nitrogen and oxygen atoms in total. The highest BCUT2D eigenvalue weighted by Gasteiger charge is 2.29. The third kappa shape index (κ3) is 10.8. The quantitative estimate of drug-likeness (QED) is 0.0778. The van der Waals surface area contributed by atoms with Gasteiger partial charge in [-0.3, -0.25) is 19.4 Å². The first kappa shape index (κ1) is 29.3. The lowest BCUT2D eigenvalue weighted by atomic mass is 10.1. The second kappa shape index (κ2) is 14.5. The van der Waals surface area contributed by atoms with E-state index in [0.29, 0.717) is 6.42 Å². The summed E-state index contributed by atoms with van der Waals surface area (Å²) in [6.45, 7) is 2.91. The van der Waals surface area contributed by atoms with Gasteiger partial charge in [-0.15, -0.1) is 0 Å². The van der Waals surface area contributed by atoms with Crippen LogP contribution in [0.25, 0.3) is 0 Å². The van der Waals surface area contributed by atoms with Crippen LogP contribution in [0, 0.1) is 0 Å². The molecule has 13 heteroatoms. The first-order valence-electron chi connectivity index (χ1n) is 11.1.